The van der Waals surface area contributed by atoms with E-state index in [9.17, 15) is 18.0 Å². The topological polar surface area (TPSA) is 117 Å². The van der Waals surface area contributed by atoms with Crippen molar-refractivity contribution >= 4 is 22.5 Å². The van der Waals surface area contributed by atoms with Gasteiger partial charge in [-0.25, -0.2) is 0 Å². The van der Waals surface area contributed by atoms with E-state index in [4.69, 9.17) is 10.3 Å². The van der Waals surface area contributed by atoms with Gasteiger partial charge >= 0.3 is 6.18 Å². The summed E-state index contributed by atoms with van der Waals surface area (Å²) in [5.41, 5.74) is 6.75. The molecule has 4 aromatic rings. The molecule has 0 spiro atoms. The number of nitrogens with two attached hydrogens (primary N) is 1. The molecule has 3 aromatic heterocycles. The highest BCUT2D eigenvalue weighted by Crippen LogP contribution is 2.32. The number of nitrogen functional groups attached to an aromatic ring is 1. The number of rotatable bonds is 5. The summed E-state index contributed by atoms with van der Waals surface area (Å²) in [7, 11) is 0. The average molecular weight is 461 g/mol. The van der Waals surface area contributed by atoms with Gasteiger partial charge in [0.05, 0.1) is 35.1 Å². The summed E-state index contributed by atoms with van der Waals surface area (Å²) in [6, 6.07) is 6.21. The zero-order chi connectivity index (χ0) is 24.0. The minimum absolute atomic E-state index is 0.0401. The monoisotopic (exact) mass is 461 g/mol. The Balaban J connectivity index is 1.56. The lowest BCUT2D eigenvalue weighted by Gasteiger charge is -2.18. The van der Waals surface area contributed by atoms with Gasteiger partial charge in [0.1, 0.15) is 6.54 Å². The molecule has 1 amide bonds. The molecular weight excluding hydrogens is 439 g/mol. The number of amides is 1. The Morgan fingerprint density at radius 1 is 1.24 bits per heavy atom. The van der Waals surface area contributed by atoms with Crippen LogP contribution in [0.15, 0.2) is 41.2 Å². The van der Waals surface area contributed by atoms with E-state index in [1.165, 1.54) is 12.3 Å². The minimum atomic E-state index is -4.47. The van der Waals surface area contributed by atoms with Crippen molar-refractivity contribution < 1.29 is 22.5 Å². The van der Waals surface area contributed by atoms with Crippen LogP contribution in [0.2, 0.25) is 0 Å². The van der Waals surface area contributed by atoms with E-state index in [0.29, 0.717) is 22.2 Å². The zero-order valence-corrected chi connectivity index (χ0v) is 18.1. The van der Waals surface area contributed by atoms with Crippen LogP contribution < -0.4 is 11.1 Å². The van der Waals surface area contributed by atoms with Gasteiger partial charge in [0.2, 0.25) is 11.7 Å². The molecule has 3 heterocycles. The average Bonchev–Trinajstić information content (AvgIpc) is 3.44. The van der Waals surface area contributed by atoms with E-state index in [1.807, 2.05) is 20.8 Å². The first kappa shape index (κ1) is 22.4. The number of halogens is 3. The van der Waals surface area contributed by atoms with Crippen LogP contribution in [0.25, 0.3) is 22.4 Å². The highest BCUT2D eigenvalue weighted by atomic mass is 19.4. The van der Waals surface area contributed by atoms with E-state index >= 15 is 0 Å². The van der Waals surface area contributed by atoms with Gasteiger partial charge in [-0.1, -0.05) is 11.2 Å². The number of carbonyl (C=O) groups excluding carboxylic acids is 1. The van der Waals surface area contributed by atoms with E-state index in [2.05, 4.69) is 20.6 Å². The van der Waals surface area contributed by atoms with E-state index < -0.39 is 18.6 Å². The molecule has 0 bridgehead atoms. The molecule has 0 saturated carbocycles. The van der Waals surface area contributed by atoms with Gasteiger partial charge in [-0.2, -0.15) is 23.3 Å². The Morgan fingerprint density at radius 2 is 2.00 bits per heavy atom. The van der Waals surface area contributed by atoms with Crippen molar-refractivity contribution in [2.45, 2.75) is 45.6 Å². The molecule has 0 radical (unpaired) electrons. The third-order valence-electron chi connectivity index (χ3n) is 4.95. The molecule has 4 rings (SSSR count). The molecule has 9 nitrogen and oxygen atoms in total. The summed E-state index contributed by atoms with van der Waals surface area (Å²) in [6.07, 6.45) is -1.41. The predicted octanol–water partition coefficient (Wildman–Crippen LogP) is 3.72. The highest BCUT2D eigenvalue weighted by molar-refractivity contribution is 5.95. The van der Waals surface area contributed by atoms with E-state index in [0.717, 1.165) is 4.57 Å². The number of benzene rings is 1. The Labute approximate surface area is 186 Å². The second kappa shape index (κ2) is 7.94. The van der Waals surface area contributed by atoms with Crippen molar-refractivity contribution in [1.82, 2.24) is 29.8 Å². The number of carbonyl (C=O) groups is 1. The number of hydrogen-bond donors (Lipinski definition) is 2. The summed E-state index contributed by atoms with van der Waals surface area (Å²) in [6.45, 7) is 4.51. The van der Waals surface area contributed by atoms with Crippen LogP contribution in [0.3, 0.4) is 0 Å². The van der Waals surface area contributed by atoms with E-state index in [-0.39, 0.29) is 29.5 Å². The zero-order valence-electron chi connectivity index (χ0n) is 18.1. The lowest BCUT2D eigenvalue weighted by molar-refractivity contribution is -0.139. The Hall–Kier alpha value is -3.83. The number of fused-ring (bicyclic) bond motifs is 1. The van der Waals surface area contributed by atoms with Gasteiger partial charge < -0.3 is 20.1 Å². The maximum atomic E-state index is 13.2. The molecule has 174 valence electrons. The first-order valence-electron chi connectivity index (χ1n) is 10.0. The fraction of sp³-hybridized carbons (Fsp3) is 0.333. The molecule has 0 saturated heterocycles. The first-order valence-corrected chi connectivity index (χ1v) is 10.0. The third kappa shape index (κ3) is 4.69. The molecule has 3 N–H and O–H groups in total. The number of anilines is 1. The third-order valence-corrected chi connectivity index (χ3v) is 4.95. The number of alkyl halides is 3. The Bertz CT molecular complexity index is 1310. The standard InChI is InChI=1S/C21H22F3N7O2/c1-20(2,3)31-10-12(8-27-31)19(32)26-9-17-28-18(29-33-17)16-7-13-14(25)5-4-6-15(13)30(16)11-21(22,23)24/h4-8,10H,9,11,25H2,1-3H3,(H,26,32). The maximum absolute atomic E-state index is 13.2. The van der Waals surface area contributed by atoms with Crippen molar-refractivity contribution in [2.24, 2.45) is 0 Å². The maximum Gasteiger partial charge on any atom is 0.406 e. The minimum Gasteiger partial charge on any atom is -0.398 e. The molecule has 0 unspecified atom stereocenters. The Kier molecular flexibility index (Phi) is 5.38. The molecule has 0 aliphatic carbocycles. The lowest BCUT2D eigenvalue weighted by Crippen LogP contribution is -2.24. The summed E-state index contributed by atoms with van der Waals surface area (Å²) >= 11 is 0. The normalized spacial score (nSPS) is 12.4. The van der Waals surface area contributed by atoms with Crippen LogP contribution in [-0.4, -0.2) is 36.6 Å². The van der Waals surface area contributed by atoms with Crippen LogP contribution in [0, 0.1) is 0 Å². The predicted molar refractivity (Wildman–Crippen MR) is 114 cm³/mol. The molecule has 0 aliphatic rings. The quantitative estimate of drug-likeness (QED) is 0.438. The van der Waals surface area contributed by atoms with Gasteiger partial charge in [-0.05, 0) is 39.0 Å². The van der Waals surface area contributed by atoms with Gasteiger partial charge in [0, 0.05) is 17.3 Å². The fourth-order valence-corrected chi connectivity index (χ4v) is 3.34. The molecular formula is C21H22F3N7O2. The van der Waals surface area contributed by atoms with Gasteiger partial charge in [-0.15, -0.1) is 0 Å². The second-order valence-electron chi connectivity index (χ2n) is 8.55. The smallest absolute Gasteiger partial charge is 0.398 e. The summed E-state index contributed by atoms with van der Waals surface area (Å²) in [5.74, 6) is -0.401. The van der Waals surface area contributed by atoms with Gasteiger partial charge in [-0.3, -0.25) is 9.48 Å². The second-order valence-corrected chi connectivity index (χ2v) is 8.55. The van der Waals surface area contributed by atoms with Crippen molar-refractivity contribution in [2.75, 3.05) is 5.73 Å². The van der Waals surface area contributed by atoms with Crippen LogP contribution >= 0.6 is 0 Å². The molecule has 0 fully saturated rings. The molecule has 12 heteroatoms. The molecule has 0 aliphatic heterocycles. The summed E-state index contributed by atoms with van der Waals surface area (Å²) in [4.78, 5) is 16.6. The number of nitrogens with zero attached hydrogens (tertiary/aromatic N) is 5. The fourth-order valence-electron chi connectivity index (χ4n) is 3.34. The summed E-state index contributed by atoms with van der Waals surface area (Å²) in [5, 5.41) is 11.1. The SMILES string of the molecule is CC(C)(C)n1cc(C(=O)NCc2nc(-c3cc4c(N)cccc4n3CC(F)(F)F)no2)cn1. The van der Waals surface area contributed by atoms with Gasteiger partial charge in [0.25, 0.3) is 5.91 Å². The van der Waals surface area contributed by atoms with Crippen LogP contribution in [0.5, 0.6) is 0 Å². The number of hydrogen-bond acceptors (Lipinski definition) is 6. The van der Waals surface area contributed by atoms with Crippen LogP contribution in [0.4, 0.5) is 18.9 Å². The molecule has 1 aromatic carbocycles. The van der Waals surface area contributed by atoms with Crippen LogP contribution in [0.1, 0.15) is 37.0 Å². The van der Waals surface area contributed by atoms with E-state index in [1.54, 1.807) is 29.1 Å². The lowest BCUT2D eigenvalue weighted by atomic mass is 10.1. The van der Waals surface area contributed by atoms with Crippen molar-refractivity contribution in [3.63, 3.8) is 0 Å². The van der Waals surface area contributed by atoms with Crippen molar-refractivity contribution in [3.05, 3.63) is 48.1 Å². The molecule has 33 heavy (non-hydrogen) atoms. The largest absolute Gasteiger partial charge is 0.406 e. The number of nitrogens with one attached hydrogen (secondary N) is 1. The van der Waals surface area contributed by atoms with Gasteiger partial charge in [0.15, 0.2) is 0 Å². The first-order chi connectivity index (χ1) is 15.4. The van der Waals surface area contributed by atoms with Crippen molar-refractivity contribution in [3.8, 4) is 11.5 Å². The highest BCUT2D eigenvalue weighted by Gasteiger charge is 2.31. The Morgan fingerprint density at radius 3 is 2.67 bits per heavy atom. The summed E-state index contributed by atoms with van der Waals surface area (Å²) < 4.78 is 47.5. The number of aromatic nitrogens is 5. The molecule has 0 atom stereocenters. The van der Waals surface area contributed by atoms with Crippen molar-refractivity contribution in [1.29, 1.82) is 0 Å². The van der Waals surface area contributed by atoms with Crippen LogP contribution in [-0.2, 0) is 18.6 Å².